The Labute approximate surface area is 142 Å². The first kappa shape index (κ1) is 16.0. The van der Waals surface area contributed by atoms with Crippen LogP contribution in [0.2, 0.25) is 0 Å². The van der Waals surface area contributed by atoms with Crippen molar-refractivity contribution < 1.29 is 0 Å². The summed E-state index contributed by atoms with van der Waals surface area (Å²) in [7, 11) is 0. The summed E-state index contributed by atoms with van der Waals surface area (Å²) >= 11 is 1.60. The van der Waals surface area contributed by atoms with E-state index < -0.39 is 0 Å². The maximum Gasteiger partial charge on any atom is 0.134 e. The van der Waals surface area contributed by atoms with Gasteiger partial charge in [-0.3, -0.25) is 0 Å². The molecular formula is C19H23N3S. The van der Waals surface area contributed by atoms with Gasteiger partial charge in [-0.2, -0.15) is 5.26 Å². The molecule has 2 heterocycles. The summed E-state index contributed by atoms with van der Waals surface area (Å²) in [4.78, 5) is 4.80. The standard InChI is InChI=1S/C19H23N3S/c1-12(2)22-13(3)9-16(14(22)4)18-11-23-19(21-18)17(10-20)15-7-5-6-8-15/h9,11-12H,5-8H2,1-4H3. The van der Waals surface area contributed by atoms with E-state index in [0.29, 0.717) is 6.04 Å². The quantitative estimate of drug-likeness (QED) is 0.683. The zero-order valence-electron chi connectivity index (χ0n) is 14.3. The van der Waals surface area contributed by atoms with E-state index in [1.54, 1.807) is 11.3 Å². The molecule has 0 unspecified atom stereocenters. The van der Waals surface area contributed by atoms with Crippen LogP contribution in [0.25, 0.3) is 16.8 Å². The number of hydrogen-bond acceptors (Lipinski definition) is 3. The molecule has 1 aliphatic rings. The van der Waals surface area contributed by atoms with E-state index in [1.807, 2.05) is 0 Å². The van der Waals surface area contributed by atoms with E-state index in [2.05, 4.69) is 49.8 Å². The van der Waals surface area contributed by atoms with Crippen LogP contribution in [0.3, 0.4) is 0 Å². The Kier molecular flexibility index (Phi) is 4.41. The highest BCUT2D eigenvalue weighted by Crippen LogP contribution is 2.35. The van der Waals surface area contributed by atoms with E-state index >= 15 is 0 Å². The molecule has 0 saturated heterocycles. The molecule has 120 valence electrons. The van der Waals surface area contributed by atoms with Gasteiger partial charge in [-0.05, 0) is 65.0 Å². The SMILES string of the molecule is Cc1cc(-c2csc(C(C#N)=C3CCCC3)n2)c(C)n1C(C)C. The lowest BCUT2D eigenvalue weighted by Crippen LogP contribution is -2.04. The number of aromatic nitrogens is 2. The summed E-state index contributed by atoms with van der Waals surface area (Å²) < 4.78 is 2.34. The zero-order chi connectivity index (χ0) is 16.6. The van der Waals surface area contributed by atoms with Gasteiger partial charge in [0.2, 0.25) is 0 Å². The van der Waals surface area contributed by atoms with Crippen LogP contribution in [0.4, 0.5) is 0 Å². The number of nitrogens with zero attached hydrogens (tertiary/aromatic N) is 3. The van der Waals surface area contributed by atoms with Crippen molar-refractivity contribution in [3.8, 4) is 17.3 Å². The molecule has 0 N–H and O–H groups in total. The van der Waals surface area contributed by atoms with Crippen LogP contribution in [0.5, 0.6) is 0 Å². The van der Waals surface area contributed by atoms with Crippen molar-refractivity contribution in [1.29, 1.82) is 5.26 Å². The first-order chi connectivity index (χ1) is 11.0. The van der Waals surface area contributed by atoms with Gasteiger partial charge in [-0.1, -0.05) is 0 Å². The topological polar surface area (TPSA) is 41.6 Å². The Morgan fingerprint density at radius 2 is 2.00 bits per heavy atom. The molecule has 1 fully saturated rings. The number of thiazole rings is 1. The van der Waals surface area contributed by atoms with Crippen LogP contribution in [-0.4, -0.2) is 9.55 Å². The Morgan fingerprint density at radius 1 is 1.30 bits per heavy atom. The molecule has 0 radical (unpaired) electrons. The molecule has 0 amide bonds. The molecule has 2 aromatic rings. The minimum atomic E-state index is 0.442. The van der Waals surface area contributed by atoms with Crippen molar-refractivity contribution in [2.75, 3.05) is 0 Å². The number of aryl methyl sites for hydroxylation is 1. The summed E-state index contributed by atoms with van der Waals surface area (Å²) in [6, 6.07) is 5.05. The van der Waals surface area contributed by atoms with Crippen molar-refractivity contribution in [2.45, 2.75) is 59.4 Å². The molecule has 0 aliphatic heterocycles. The summed E-state index contributed by atoms with van der Waals surface area (Å²) in [5.74, 6) is 0. The van der Waals surface area contributed by atoms with Crippen LogP contribution in [0.1, 0.15) is 62.0 Å². The average molecular weight is 325 g/mol. The van der Waals surface area contributed by atoms with Gasteiger partial charge in [-0.15, -0.1) is 11.3 Å². The van der Waals surface area contributed by atoms with Gasteiger partial charge < -0.3 is 4.57 Å². The van der Waals surface area contributed by atoms with Gasteiger partial charge in [0.25, 0.3) is 0 Å². The third-order valence-electron chi connectivity index (χ3n) is 4.67. The predicted octanol–water partition coefficient (Wildman–Crippen LogP) is 5.66. The summed E-state index contributed by atoms with van der Waals surface area (Å²) in [6.45, 7) is 8.70. The highest BCUT2D eigenvalue weighted by molar-refractivity contribution is 7.11. The number of allylic oxidation sites excluding steroid dienone is 2. The van der Waals surface area contributed by atoms with E-state index in [1.165, 1.54) is 35.4 Å². The van der Waals surface area contributed by atoms with Crippen LogP contribution in [0.15, 0.2) is 17.0 Å². The molecule has 0 aromatic carbocycles. The fourth-order valence-corrected chi connectivity index (χ4v) is 4.53. The smallest absolute Gasteiger partial charge is 0.134 e. The third kappa shape index (κ3) is 2.86. The van der Waals surface area contributed by atoms with E-state index in [4.69, 9.17) is 4.98 Å². The molecule has 1 aliphatic carbocycles. The lowest BCUT2D eigenvalue weighted by Gasteiger charge is -2.13. The van der Waals surface area contributed by atoms with Crippen molar-refractivity contribution >= 4 is 16.9 Å². The second-order valence-electron chi connectivity index (χ2n) is 6.58. The van der Waals surface area contributed by atoms with Gasteiger partial charge in [0.1, 0.15) is 11.1 Å². The molecule has 4 heteroatoms. The highest BCUT2D eigenvalue weighted by Gasteiger charge is 2.19. The third-order valence-corrected chi connectivity index (χ3v) is 5.53. The van der Waals surface area contributed by atoms with Crippen LogP contribution < -0.4 is 0 Å². The van der Waals surface area contributed by atoms with Gasteiger partial charge in [0.15, 0.2) is 0 Å². The fraction of sp³-hybridized carbons (Fsp3) is 0.474. The van der Waals surface area contributed by atoms with E-state index in [0.717, 1.165) is 29.1 Å². The predicted molar refractivity (Wildman–Crippen MR) is 96.4 cm³/mol. The number of hydrogen-bond donors (Lipinski definition) is 0. The van der Waals surface area contributed by atoms with Crippen molar-refractivity contribution in [3.05, 3.63) is 33.4 Å². The number of nitriles is 1. The second kappa shape index (κ2) is 6.33. The minimum Gasteiger partial charge on any atom is -0.346 e. The molecule has 3 rings (SSSR count). The normalized spacial score (nSPS) is 14.5. The molecule has 0 atom stereocenters. The Hall–Kier alpha value is -1.86. The average Bonchev–Trinajstić information content (AvgIpc) is 3.21. The summed E-state index contributed by atoms with van der Waals surface area (Å²) in [5.41, 5.74) is 6.80. The molecule has 0 spiro atoms. The molecule has 0 bridgehead atoms. The monoisotopic (exact) mass is 325 g/mol. The molecule has 23 heavy (non-hydrogen) atoms. The van der Waals surface area contributed by atoms with E-state index in [9.17, 15) is 5.26 Å². The lowest BCUT2D eigenvalue weighted by atomic mass is 10.1. The molecule has 3 nitrogen and oxygen atoms in total. The van der Waals surface area contributed by atoms with Gasteiger partial charge in [-0.25, -0.2) is 4.98 Å². The maximum atomic E-state index is 9.55. The fourth-order valence-electron chi connectivity index (χ4n) is 3.67. The second-order valence-corrected chi connectivity index (χ2v) is 7.44. The van der Waals surface area contributed by atoms with Gasteiger partial charge >= 0.3 is 0 Å². The molecular weight excluding hydrogens is 302 g/mol. The van der Waals surface area contributed by atoms with Crippen LogP contribution in [-0.2, 0) is 0 Å². The van der Waals surface area contributed by atoms with E-state index in [-0.39, 0.29) is 0 Å². The highest BCUT2D eigenvalue weighted by atomic mass is 32.1. The zero-order valence-corrected chi connectivity index (χ0v) is 15.1. The van der Waals surface area contributed by atoms with Crippen molar-refractivity contribution in [3.63, 3.8) is 0 Å². The van der Waals surface area contributed by atoms with Crippen molar-refractivity contribution in [2.24, 2.45) is 0 Å². The van der Waals surface area contributed by atoms with Crippen LogP contribution >= 0.6 is 11.3 Å². The molecule has 1 saturated carbocycles. The van der Waals surface area contributed by atoms with Crippen LogP contribution in [0, 0.1) is 25.2 Å². The van der Waals surface area contributed by atoms with Gasteiger partial charge in [0.05, 0.1) is 11.3 Å². The first-order valence-corrected chi connectivity index (χ1v) is 9.17. The van der Waals surface area contributed by atoms with Crippen molar-refractivity contribution in [1.82, 2.24) is 9.55 Å². The first-order valence-electron chi connectivity index (χ1n) is 8.29. The largest absolute Gasteiger partial charge is 0.346 e. The maximum absolute atomic E-state index is 9.55. The summed E-state index contributed by atoms with van der Waals surface area (Å²) in [6.07, 6.45) is 4.52. The summed E-state index contributed by atoms with van der Waals surface area (Å²) in [5, 5.41) is 12.5. The Bertz CT molecular complexity index is 791. The molecule has 2 aromatic heterocycles. The minimum absolute atomic E-state index is 0.442. The Morgan fingerprint density at radius 3 is 2.57 bits per heavy atom. The lowest BCUT2D eigenvalue weighted by molar-refractivity contribution is 0.575. The number of rotatable bonds is 3. The Balaban J connectivity index is 2.02. The van der Waals surface area contributed by atoms with Gasteiger partial charge in [0, 0.05) is 28.4 Å².